The lowest BCUT2D eigenvalue weighted by Crippen LogP contribution is -2.06. The topological polar surface area (TPSA) is 61.8 Å². The minimum absolute atomic E-state index is 0.177. The molecule has 40 heavy (non-hydrogen) atoms. The van der Waals surface area contributed by atoms with Gasteiger partial charge in [0, 0.05) is 12.0 Å². The van der Waals surface area contributed by atoms with E-state index in [0.29, 0.717) is 18.6 Å². The summed E-state index contributed by atoms with van der Waals surface area (Å²) in [7, 11) is 2.82. The molecule has 0 amide bonds. The zero-order valence-corrected chi connectivity index (χ0v) is 23.8. The van der Waals surface area contributed by atoms with Crippen LogP contribution < -0.4 is 4.74 Å². The average Bonchev–Trinajstić information content (AvgIpc) is 3.00. The quantitative estimate of drug-likeness (QED) is 0.128. The van der Waals surface area contributed by atoms with Crippen LogP contribution in [-0.2, 0) is 27.1 Å². The third-order valence-corrected chi connectivity index (χ3v) is 6.96. The van der Waals surface area contributed by atoms with Gasteiger partial charge < -0.3 is 14.2 Å². The van der Waals surface area contributed by atoms with Crippen molar-refractivity contribution in [2.45, 2.75) is 57.8 Å². The maximum Gasteiger partial charge on any atom is 0.337 e. The van der Waals surface area contributed by atoms with Crippen LogP contribution in [0.15, 0.2) is 84.9 Å². The van der Waals surface area contributed by atoms with Gasteiger partial charge in [0.1, 0.15) is 5.75 Å². The molecule has 0 fully saturated rings. The lowest BCUT2D eigenvalue weighted by atomic mass is 9.92. The fourth-order valence-corrected chi connectivity index (χ4v) is 4.71. The number of ether oxygens (including phenoxy) is 3. The van der Waals surface area contributed by atoms with E-state index in [4.69, 9.17) is 14.2 Å². The van der Waals surface area contributed by atoms with E-state index in [1.807, 2.05) is 36.4 Å². The van der Waals surface area contributed by atoms with Crippen LogP contribution in [0.1, 0.15) is 72.0 Å². The van der Waals surface area contributed by atoms with Gasteiger partial charge in [-0.05, 0) is 80.2 Å². The molecule has 0 aliphatic rings. The van der Waals surface area contributed by atoms with E-state index in [0.717, 1.165) is 68.2 Å². The first kappa shape index (κ1) is 30.7. The van der Waals surface area contributed by atoms with Gasteiger partial charge in [0.2, 0.25) is 0 Å². The first-order chi connectivity index (χ1) is 19.6. The lowest BCUT2D eigenvalue weighted by molar-refractivity contribution is -0.140. The molecule has 0 saturated carbocycles. The molecule has 0 spiro atoms. The van der Waals surface area contributed by atoms with Gasteiger partial charge in [-0.3, -0.25) is 4.79 Å². The molecule has 1 unspecified atom stereocenters. The number of carbonyl (C=O) groups is 2. The highest BCUT2D eigenvalue weighted by Gasteiger charge is 2.11. The number of hydrogen-bond acceptors (Lipinski definition) is 5. The molecule has 0 radical (unpaired) electrons. The number of allylic oxidation sites excluding steroid dienone is 1. The summed E-state index contributed by atoms with van der Waals surface area (Å²) in [5.74, 6) is 0.609. The average molecular weight is 543 g/mol. The molecule has 3 rings (SSSR count). The maximum absolute atomic E-state index is 12.0. The van der Waals surface area contributed by atoms with Crippen molar-refractivity contribution in [2.75, 3.05) is 20.8 Å². The number of hydrogen-bond donors (Lipinski definition) is 0. The molecule has 5 heteroatoms. The maximum atomic E-state index is 12.0. The van der Waals surface area contributed by atoms with E-state index in [-0.39, 0.29) is 17.9 Å². The van der Waals surface area contributed by atoms with Gasteiger partial charge in [-0.1, -0.05) is 79.2 Å². The Bertz CT molecular complexity index is 1200. The van der Waals surface area contributed by atoms with Gasteiger partial charge >= 0.3 is 11.9 Å². The number of aryl methyl sites for hydroxylation is 1. The van der Waals surface area contributed by atoms with Crippen molar-refractivity contribution in [3.63, 3.8) is 0 Å². The fourth-order valence-electron chi connectivity index (χ4n) is 4.71. The van der Waals surface area contributed by atoms with Crippen LogP contribution in [0.3, 0.4) is 0 Å². The van der Waals surface area contributed by atoms with Crippen LogP contribution in [-0.4, -0.2) is 32.8 Å². The Morgan fingerprint density at radius 3 is 2.35 bits per heavy atom. The molecule has 0 aromatic heterocycles. The SMILES string of the molecule is COC(=O)CCCCC(/C=C/c1ccccc1OCCCCCc1ccccc1)Cc1cccc(C(=O)OC)c1. The van der Waals surface area contributed by atoms with Crippen molar-refractivity contribution in [1.29, 1.82) is 0 Å². The number of rotatable bonds is 17. The second kappa shape index (κ2) is 17.7. The molecule has 0 aliphatic carbocycles. The highest BCUT2D eigenvalue weighted by molar-refractivity contribution is 5.89. The van der Waals surface area contributed by atoms with Gasteiger partial charge in [0.05, 0.1) is 26.4 Å². The van der Waals surface area contributed by atoms with Crippen LogP contribution in [0.2, 0.25) is 0 Å². The summed E-state index contributed by atoms with van der Waals surface area (Å²) in [5.41, 5.74) is 4.06. The fraction of sp³-hybridized carbons (Fsp3) is 0.371. The molecule has 212 valence electrons. The normalized spacial score (nSPS) is 11.8. The molecular formula is C35H42O5. The summed E-state index contributed by atoms with van der Waals surface area (Å²) in [6, 6.07) is 26.3. The molecule has 3 aromatic carbocycles. The van der Waals surface area contributed by atoms with Crippen molar-refractivity contribution in [3.8, 4) is 5.75 Å². The van der Waals surface area contributed by atoms with Crippen molar-refractivity contribution in [2.24, 2.45) is 5.92 Å². The predicted octanol–water partition coefficient (Wildman–Crippen LogP) is 7.87. The monoisotopic (exact) mass is 542 g/mol. The molecule has 3 aromatic rings. The van der Waals surface area contributed by atoms with E-state index in [1.165, 1.54) is 19.8 Å². The number of benzene rings is 3. The molecule has 5 nitrogen and oxygen atoms in total. The summed E-state index contributed by atoms with van der Waals surface area (Å²) in [5, 5.41) is 0. The van der Waals surface area contributed by atoms with E-state index in [1.54, 1.807) is 6.07 Å². The molecule has 0 bridgehead atoms. The molecule has 0 heterocycles. The summed E-state index contributed by atoms with van der Waals surface area (Å²) in [6.45, 7) is 0.691. The smallest absolute Gasteiger partial charge is 0.337 e. The Balaban J connectivity index is 1.59. The summed E-state index contributed by atoms with van der Waals surface area (Å²) < 4.78 is 15.8. The predicted molar refractivity (Wildman–Crippen MR) is 160 cm³/mol. The number of methoxy groups -OCH3 is 2. The van der Waals surface area contributed by atoms with Gasteiger partial charge in [0.15, 0.2) is 0 Å². The molecule has 0 saturated heterocycles. The Kier molecular flexibility index (Phi) is 13.6. The number of para-hydroxylation sites is 1. The van der Waals surface area contributed by atoms with E-state index >= 15 is 0 Å². The van der Waals surface area contributed by atoms with Gasteiger partial charge in [0.25, 0.3) is 0 Å². The summed E-state index contributed by atoms with van der Waals surface area (Å²) in [6.07, 6.45) is 12.6. The van der Waals surface area contributed by atoms with Gasteiger partial charge in [-0.2, -0.15) is 0 Å². The Hall–Kier alpha value is -3.86. The highest BCUT2D eigenvalue weighted by atomic mass is 16.5. The van der Waals surface area contributed by atoms with Crippen LogP contribution in [0.25, 0.3) is 6.08 Å². The number of carbonyl (C=O) groups excluding carboxylic acids is 2. The number of unbranched alkanes of at least 4 members (excludes halogenated alkanes) is 3. The zero-order valence-electron chi connectivity index (χ0n) is 23.8. The molecular weight excluding hydrogens is 500 g/mol. The van der Waals surface area contributed by atoms with E-state index in [9.17, 15) is 9.59 Å². The second-order valence-corrected chi connectivity index (χ2v) is 10.0. The largest absolute Gasteiger partial charge is 0.493 e. The van der Waals surface area contributed by atoms with Crippen LogP contribution >= 0.6 is 0 Å². The number of esters is 2. The molecule has 0 aliphatic heterocycles. The first-order valence-corrected chi connectivity index (χ1v) is 14.3. The third kappa shape index (κ3) is 11.1. The Morgan fingerprint density at radius 2 is 1.55 bits per heavy atom. The third-order valence-electron chi connectivity index (χ3n) is 6.96. The Morgan fingerprint density at radius 1 is 0.775 bits per heavy atom. The lowest BCUT2D eigenvalue weighted by Gasteiger charge is -2.15. The van der Waals surface area contributed by atoms with Crippen LogP contribution in [0.4, 0.5) is 0 Å². The highest BCUT2D eigenvalue weighted by Crippen LogP contribution is 2.24. The van der Waals surface area contributed by atoms with Crippen molar-refractivity contribution < 1.29 is 23.8 Å². The van der Waals surface area contributed by atoms with E-state index in [2.05, 4.69) is 48.6 Å². The summed E-state index contributed by atoms with van der Waals surface area (Å²) >= 11 is 0. The van der Waals surface area contributed by atoms with Crippen molar-refractivity contribution in [3.05, 3.63) is 107 Å². The Labute approximate surface area is 239 Å². The van der Waals surface area contributed by atoms with E-state index < -0.39 is 0 Å². The minimum Gasteiger partial charge on any atom is -0.493 e. The minimum atomic E-state index is -0.335. The second-order valence-electron chi connectivity index (χ2n) is 10.0. The van der Waals surface area contributed by atoms with Crippen LogP contribution in [0.5, 0.6) is 5.75 Å². The molecule has 1 atom stereocenters. The standard InChI is InChI=1S/C35H42O5/c1-38-34(36)22-11-8-17-29(26-30-18-13-20-32(27-30)35(37)39-2)23-24-31-19-9-10-21-33(31)40-25-12-4-7-16-28-14-5-3-6-15-28/h3,5-6,9-10,13-15,18-21,23-24,27,29H,4,7-8,11-12,16-17,22,25-26H2,1-2H3/b24-23+. The molecule has 0 N–H and O–H groups in total. The zero-order chi connectivity index (χ0) is 28.4. The van der Waals surface area contributed by atoms with Crippen LogP contribution in [0, 0.1) is 5.92 Å². The first-order valence-electron chi connectivity index (χ1n) is 14.3. The van der Waals surface area contributed by atoms with Gasteiger partial charge in [-0.15, -0.1) is 0 Å². The van der Waals surface area contributed by atoms with Gasteiger partial charge in [-0.25, -0.2) is 4.79 Å². The summed E-state index contributed by atoms with van der Waals surface area (Å²) in [4.78, 5) is 23.6. The van der Waals surface area contributed by atoms with Crippen molar-refractivity contribution in [1.82, 2.24) is 0 Å². The van der Waals surface area contributed by atoms with Crippen molar-refractivity contribution >= 4 is 18.0 Å².